The van der Waals surface area contributed by atoms with Gasteiger partial charge in [-0.25, -0.2) is 9.97 Å². The van der Waals surface area contributed by atoms with Crippen LogP contribution < -0.4 is 0 Å². The number of aromatic nitrogens is 4. The van der Waals surface area contributed by atoms with Crippen LogP contribution in [0.15, 0.2) is 25.0 Å². The Morgan fingerprint density at radius 2 is 2.04 bits per heavy atom. The van der Waals surface area contributed by atoms with Crippen LogP contribution in [0.1, 0.15) is 50.0 Å². The summed E-state index contributed by atoms with van der Waals surface area (Å²) < 4.78 is 1.84. The fourth-order valence-electron chi connectivity index (χ4n) is 4.84. The zero-order valence-electron chi connectivity index (χ0n) is 16.2. The van der Waals surface area contributed by atoms with Crippen LogP contribution in [0.4, 0.5) is 0 Å². The molecule has 1 saturated heterocycles. The summed E-state index contributed by atoms with van der Waals surface area (Å²) in [6.45, 7) is 3.92. The quantitative estimate of drug-likeness (QED) is 0.871. The van der Waals surface area contributed by atoms with Gasteiger partial charge < -0.3 is 19.4 Å². The van der Waals surface area contributed by atoms with E-state index in [1.807, 2.05) is 22.6 Å². The van der Waals surface area contributed by atoms with Gasteiger partial charge in [-0.05, 0) is 32.6 Å². The summed E-state index contributed by atoms with van der Waals surface area (Å²) in [5, 5.41) is 0. The monoisotopic (exact) mass is 382 g/mol. The first-order valence-electron chi connectivity index (χ1n) is 10.2. The molecular weight excluding hydrogens is 356 g/mol. The Bertz CT molecular complexity index is 876. The number of imidazole rings is 2. The smallest absolute Gasteiger partial charge is 0.245 e. The molecule has 2 aromatic heterocycles. The minimum atomic E-state index is -0.373. The normalized spacial score (nSPS) is 22.2. The lowest BCUT2D eigenvalue weighted by Crippen LogP contribution is -2.59. The molecule has 1 saturated carbocycles. The summed E-state index contributed by atoms with van der Waals surface area (Å²) in [4.78, 5) is 42.0. The first kappa shape index (κ1) is 17.5. The third-order valence-electron chi connectivity index (χ3n) is 6.69. The van der Waals surface area contributed by atoms with Gasteiger partial charge in [-0.2, -0.15) is 0 Å². The Labute approximate surface area is 163 Å². The van der Waals surface area contributed by atoms with Crippen LogP contribution in [-0.2, 0) is 21.5 Å². The molecule has 5 rings (SSSR count). The van der Waals surface area contributed by atoms with Gasteiger partial charge in [-0.15, -0.1) is 0 Å². The molecule has 148 valence electrons. The number of fused-ring (bicyclic) bond motifs is 2. The number of likely N-dealkylation sites (tertiary alicyclic amines) is 1. The number of piperidine rings is 1. The number of carbonyl (C=O) groups is 2. The van der Waals surface area contributed by atoms with E-state index in [2.05, 4.69) is 19.9 Å². The number of H-pyrrole nitrogens is 1. The number of aromatic amines is 1. The fourth-order valence-corrected chi connectivity index (χ4v) is 4.84. The van der Waals surface area contributed by atoms with Crippen LogP contribution >= 0.6 is 0 Å². The predicted octanol–water partition coefficient (Wildman–Crippen LogP) is 1.48. The zero-order chi connectivity index (χ0) is 19.3. The maximum atomic E-state index is 13.0. The van der Waals surface area contributed by atoms with Crippen LogP contribution in [-0.4, -0.2) is 60.8 Å². The molecule has 28 heavy (non-hydrogen) atoms. The summed E-state index contributed by atoms with van der Waals surface area (Å²) in [7, 11) is 0. The van der Waals surface area contributed by atoms with Gasteiger partial charge in [0.1, 0.15) is 6.04 Å². The van der Waals surface area contributed by atoms with Gasteiger partial charge >= 0.3 is 0 Å². The van der Waals surface area contributed by atoms with Crippen molar-refractivity contribution >= 4 is 11.8 Å². The fraction of sp³-hybridized carbons (Fsp3) is 0.600. The summed E-state index contributed by atoms with van der Waals surface area (Å²) in [6, 6.07) is -0.270. The molecule has 1 atom stereocenters. The van der Waals surface area contributed by atoms with Gasteiger partial charge in [0.2, 0.25) is 11.8 Å². The Balaban J connectivity index is 1.38. The van der Waals surface area contributed by atoms with Crippen LogP contribution in [0, 0.1) is 5.92 Å². The molecule has 8 heteroatoms. The van der Waals surface area contributed by atoms with Crippen LogP contribution in [0.5, 0.6) is 0 Å². The first-order valence-corrected chi connectivity index (χ1v) is 10.2. The van der Waals surface area contributed by atoms with Crippen molar-refractivity contribution in [2.45, 2.75) is 50.6 Å². The van der Waals surface area contributed by atoms with E-state index >= 15 is 0 Å². The number of hydrogen-bond donors (Lipinski definition) is 1. The maximum Gasteiger partial charge on any atom is 0.245 e. The van der Waals surface area contributed by atoms with E-state index in [4.69, 9.17) is 0 Å². The van der Waals surface area contributed by atoms with Crippen molar-refractivity contribution in [1.29, 1.82) is 0 Å². The highest BCUT2D eigenvalue weighted by Gasteiger charge is 2.51. The lowest BCUT2D eigenvalue weighted by molar-refractivity contribution is -0.146. The Morgan fingerprint density at radius 3 is 2.71 bits per heavy atom. The highest BCUT2D eigenvalue weighted by atomic mass is 16.2. The molecule has 0 bridgehead atoms. The Kier molecular flexibility index (Phi) is 4.03. The van der Waals surface area contributed by atoms with Crippen LogP contribution in [0.2, 0.25) is 0 Å². The van der Waals surface area contributed by atoms with E-state index in [0.717, 1.165) is 50.0 Å². The van der Waals surface area contributed by atoms with Crippen molar-refractivity contribution in [3.05, 3.63) is 36.4 Å². The minimum absolute atomic E-state index is 0.103. The van der Waals surface area contributed by atoms with Crippen molar-refractivity contribution in [2.75, 3.05) is 19.6 Å². The third-order valence-corrected chi connectivity index (χ3v) is 6.69. The molecule has 2 aromatic rings. The van der Waals surface area contributed by atoms with Crippen molar-refractivity contribution < 1.29 is 9.59 Å². The van der Waals surface area contributed by atoms with Crippen molar-refractivity contribution in [3.8, 4) is 0 Å². The lowest BCUT2D eigenvalue weighted by atomic mass is 9.78. The molecule has 0 aromatic carbocycles. The molecule has 8 nitrogen and oxygen atoms in total. The highest BCUT2D eigenvalue weighted by Crippen LogP contribution is 2.45. The molecule has 2 amide bonds. The van der Waals surface area contributed by atoms with Gasteiger partial charge in [0, 0.05) is 50.1 Å². The number of rotatable bonds is 3. The van der Waals surface area contributed by atoms with Crippen molar-refractivity contribution in [1.82, 2.24) is 29.3 Å². The number of nitrogens with zero attached hydrogens (tertiary/aromatic N) is 5. The number of nitrogens with one attached hydrogen (secondary N) is 1. The highest BCUT2D eigenvalue weighted by molar-refractivity contribution is 5.83. The molecule has 0 unspecified atom stereocenters. The lowest BCUT2D eigenvalue weighted by Gasteiger charge is -2.50. The molecule has 4 heterocycles. The SMILES string of the molecule is C[C@@H](C(=O)N1CCC2(CC1)c1nc[nH]c1CCN2C(=O)C1CC1)n1ccnc1. The topological polar surface area (TPSA) is 87.1 Å². The average Bonchev–Trinajstić information content (AvgIpc) is 3.20. The van der Waals surface area contributed by atoms with E-state index in [9.17, 15) is 9.59 Å². The second-order valence-corrected chi connectivity index (χ2v) is 8.29. The van der Waals surface area contributed by atoms with E-state index in [-0.39, 0.29) is 29.3 Å². The van der Waals surface area contributed by atoms with Crippen molar-refractivity contribution in [3.63, 3.8) is 0 Å². The molecule has 2 fully saturated rings. The second kappa shape index (κ2) is 6.46. The summed E-state index contributed by atoms with van der Waals surface area (Å²) in [5.41, 5.74) is 1.79. The summed E-state index contributed by atoms with van der Waals surface area (Å²) in [6.07, 6.45) is 11.3. The molecule has 2 aliphatic heterocycles. The van der Waals surface area contributed by atoms with Gasteiger partial charge in [-0.3, -0.25) is 9.59 Å². The van der Waals surface area contributed by atoms with Gasteiger partial charge in [-0.1, -0.05) is 0 Å². The van der Waals surface area contributed by atoms with E-state index < -0.39 is 0 Å². The first-order chi connectivity index (χ1) is 13.6. The molecule has 3 aliphatic rings. The van der Waals surface area contributed by atoms with E-state index in [1.54, 1.807) is 18.9 Å². The molecule has 1 N–H and O–H groups in total. The zero-order valence-corrected chi connectivity index (χ0v) is 16.2. The molecule has 1 spiro atoms. The molecule has 1 aliphatic carbocycles. The summed E-state index contributed by atoms with van der Waals surface area (Å²) >= 11 is 0. The molecular formula is C20H26N6O2. The standard InChI is InChI=1S/C20H26N6O2/c1-14(25-11-7-21-13-25)18(27)24-9-5-20(6-10-24)17-16(22-12-23-17)4-8-26(20)19(28)15-2-3-15/h7,11-15H,2-6,8-10H2,1H3,(H,22,23)/t14-/m0/s1. The largest absolute Gasteiger partial charge is 0.348 e. The average molecular weight is 382 g/mol. The third kappa shape index (κ3) is 2.65. The summed E-state index contributed by atoms with van der Waals surface area (Å²) in [5.74, 6) is 0.574. The Hall–Kier alpha value is -2.64. The second-order valence-electron chi connectivity index (χ2n) is 8.29. The number of hydrogen-bond acceptors (Lipinski definition) is 4. The number of amides is 2. The van der Waals surface area contributed by atoms with Gasteiger partial charge in [0.15, 0.2) is 0 Å². The van der Waals surface area contributed by atoms with Gasteiger partial charge in [0.25, 0.3) is 0 Å². The van der Waals surface area contributed by atoms with Crippen molar-refractivity contribution in [2.24, 2.45) is 5.92 Å². The van der Waals surface area contributed by atoms with E-state index in [0.29, 0.717) is 13.1 Å². The molecule has 0 radical (unpaired) electrons. The Morgan fingerprint density at radius 1 is 1.25 bits per heavy atom. The predicted molar refractivity (Wildman–Crippen MR) is 101 cm³/mol. The van der Waals surface area contributed by atoms with Crippen LogP contribution in [0.25, 0.3) is 0 Å². The maximum absolute atomic E-state index is 13.0. The van der Waals surface area contributed by atoms with E-state index in [1.165, 1.54) is 0 Å². The van der Waals surface area contributed by atoms with Gasteiger partial charge in [0.05, 0.1) is 23.9 Å². The number of carbonyl (C=O) groups excluding carboxylic acids is 2. The minimum Gasteiger partial charge on any atom is -0.348 e. The van der Waals surface area contributed by atoms with Crippen LogP contribution in [0.3, 0.4) is 0 Å².